The van der Waals surface area contributed by atoms with E-state index in [0.717, 1.165) is 11.3 Å². The third-order valence-corrected chi connectivity index (χ3v) is 3.97. The predicted molar refractivity (Wildman–Crippen MR) is 120 cm³/mol. The molecule has 5 nitrogen and oxygen atoms in total. The second kappa shape index (κ2) is 12.5. The molecule has 0 amide bonds. The fourth-order valence-electron chi connectivity index (χ4n) is 2.55. The van der Waals surface area contributed by atoms with Gasteiger partial charge in [0, 0.05) is 13.6 Å². The number of benzene rings is 2. The molecule has 0 aliphatic rings. The van der Waals surface area contributed by atoms with Gasteiger partial charge in [-0.2, -0.15) is 0 Å². The number of nitrogens with zero attached hydrogens (tertiary/aromatic N) is 2. The van der Waals surface area contributed by atoms with Crippen LogP contribution in [-0.4, -0.2) is 51.7 Å². The van der Waals surface area contributed by atoms with E-state index in [4.69, 9.17) is 4.74 Å². The van der Waals surface area contributed by atoms with Gasteiger partial charge in [0.1, 0.15) is 18.2 Å². The van der Waals surface area contributed by atoms with E-state index in [1.165, 1.54) is 12.1 Å². The van der Waals surface area contributed by atoms with Crippen LogP contribution in [0.3, 0.4) is 0 Å². The van der Waals surface area contributed by atoms with E-state index < -0.39 is 0 Å². The lowest BCUT2D eigenvalue weighted by Crippen LogP contribution is -2.43. The Morgan fingerprint density at radius 3 is 2.33 bits per heavy atom. The average Bonchev–Trinajstić information content (AvgIpc) is 2.65. The van der Waals surface area contributed by atoms with Crippen LogP contribution in [0.2, 0.25) is 0 Å². The number of guanidine groups is 1. The van der Waals surface area contributed by atoms with Gasteiger partial charge >= 0.3 is 0 Å². The van der Waals surface area contributed by atoms with Gasteiger partial charge in [0.2, 0.25) is 0 Å². The molecule has 2 aromatic rings. The topological polar surface area (TPSA) is 48.9 Å². The van der Waals surface area contributed by atoms with Crippen molar-refractivity contribution >= 4 is 29.9 Å². The number of halogens is 2. The quantitative estimate of drug-likeness (QED) is 0.260. The Balaban J connectivity index is 0.00000364. The van der Waals surface area contributed by atoms with Crippen molar-refractivity contribution in [1.82, 2.24) is 15.5 Å². The Bertz CT molecular complexity index is 680. The zero-order chi connectivity index (χ0) is 18.8. The Morgan fingerprint density at radius 1 is 1.07 bits per heavy atom. The highest BCUT2D eigenvalue weighted by Gasteiger charge is 2.14. The number of aliphatic imine (C=N–C) groups is 1. The SMILES string of the molecule is CN=C(NCCOc1ccccc1)NCC(c1ccc(F)cc1)N(C)C.I. The van der Waals surface area contributed by atoms with E-state index in [0.29, 0.717) is 25.7 Å². The number of nitrogens with one attached hydrogen (secondary N) is 2. The first-order valence-corrected chi connectivity index (χ1v) is 8.64. The lowest BCUT2D eigenvalue weighted by Gasteiger charge is -2.26. The van der Waals surface area contributed by atoms with Gasteiger partial charge in [-0.3, -0.25) is 4.99 Å². The third kappa shape index (κ3) is 8.13. The highest BCUT2D eigenvalue weighted by Crippen LogP contribution is 2.17. The highest BCUT2D eigenvalue weighted by molar-refractivity contribution is 14.0. The van der Waals surface area contributed by atoms with Crippen molar-refractivity contribution in [2.45, 2.75) is 6.04 Å². The van der Waals surface area contributed by atoms with Crippen LogP contribution in [0.1, 0.15) is 11.6 Å². The summed E-state index contributed by atoms with van der Waals surface area (Å²) < 4.78 is 18.8. The standard InChI is InChI=1S/C20H27FN4O.HI/c1-22-20(23-13-14-26-18-7-5-4-6-8-18)24-15-19(25(2)3)16-9-11-17(21)12-10-16;/h4-12,19H,13-15H2,1-3H3,(H2,22,23,24);1H. The molecule has 2 aromatic carbocycles. The van der Waals surface area contributed by atoms with Gasteiger partial charge in [-0.05, 0) is 43.9 Å². The maximum atomic E-state index is 13.1. The first kappa shape index (κ1) is 23.2. The molecule has 0 spiro atoms. The van der Waals surface area contributed by atoms with Crippen LogP contribution in [-0.2, 0) is 0 Å². The third-order valence-electron chi connectivity index (χ3n) is 3.97. The number of hydrogen-bond acceptors (Lipinski definition) is 3. The van der Waals surface area contributed by atoms with Crippen LogP contribution in [0.15, 0.2) is 59.6 Å². The smallest absolute Gasteiger partial charge is 0.191 e. The van der Waals surface area contributed by atoms with Crippen LogP contribution in [0.4, 0.5) is 4.39 Å². The highest BCUT2D eigenvalue weighted by atomic mass is 127. The van der Waals surface area contributed by atoms with Crippen LogP contribution in [0.25, 0.3) is 0 Å². The minimum Gasteiger partial charge on any atom is -0.492 e. The molecule has 0 bridgehead atoms. The van der Waals surface area contributed by atoms with E-state index in [2.05, 4.69) is 20.5 Å². The molecule has 27 heavy (non-hydrogen) atoms. The lowest BCUT2D eigenvalue weighted by molar-refractivity contribution is 0.297. The number of likely N-dealkylation sites (N-methyl/N-ethyl adjacent to an activating group) is 1. The summed E-state index contributed by atoms with van der Waals surface area (Å²) in [5.41, 5.74) is 1.05. The van der Waals surface area contributed by atoms with Crippen molar-refractivity contribution in [3.8, 4) is 5.75 Å². The molecule has 0 fully saturated rings. The molecule has 7 heteroatoms. The predicted octanol–water partition coefficient (Wildman–Crippen LogP) is 3.29. The first-order valence-electron chi connectivity index (χ1n) is 8.64. The zero-order valence-corrected chi connectivity index (χ0v) is 18.3. The van der Waals surface area contributed by atoms with E-state index in [-0.39, 0.29) is 35.8 Å². The van der Waals surface area contributed by atoms with Gasteiger partial charge in [-0.1, -0.05) is 30.3 Å². The summed E-state index contributed by atoms with van der Waals surface area (Å²) in [6.45, 7) is 1.83. The van der Waals surface area contributed by atoms with Crippen molar-refractivity contribution in [2.24, 2.45) is 4.99 Å². The normalized spacial score (nSPS) is 12.3. The molecule has 0 saturated heterocycles. The summed E-state index contributed by atoms with van der Waals surface area (Å²) >= 11 is 0. The molecule has 1 unspecified atom stereocenters. The molecule has 2 rings (SSSR count). The Morgan fingerprint density at radius 2 is 1.74 bits per heavy atom. The summed E-state index contributed by atoms with van der Waals surface area (Å²) in [6.07, 6.45) is 0. The molecule has 0 radical (unpaired) electrons. The van der Waals surface area contributed by atoms with Crippen molar-refractivity contribution in [3.05, 3.63) is 66.0 Å². The largest absolute Gasteiger partial charge is 0.492 e. The van der Waals surface area contributed by atoms with Crippen molar-refractivity contribution in [2.75, 3.05) is 40.8 Å². The van der Waals surface area contributed by atoms with E-state index in [1.54, 1.807) is 7.05 Å². The van der Waals surface area contributed by atoms with Crippen LogP contribution in [0, 0.1) is 5.82 Å². The molecule has 148 valence electrons. The molecule has 0 aliphatic heterocycles. The van der Waals surface area contributed by atoms with Gasteiger partial charge in [0.15, 0.2) is 5.96 Å². The van der Waals surface area contributed by atoms with Gasteiger partial charge in [-0.25, -0.2) is 4.39 Å². The molecule has 1 atom stereocenters. The fourth-order valence-corrected chi connectivity index (χ4v) is 2.55. The van der Waals surface area contributed by atoms with Crippen molar-refractivity contribution < 1.29 is 9.13 Å². The summed E-state index contributed by atoms with van der Waals surface area (Å²) in [4.78, 5) is 6.32. The van der Waals surface area contributed by atoms with Gasteiger partial charge in [-0.15, -0.1) is 24.0 Å². The average molecular weight is 486 g/mol. The second-order valence-corrected chi connectivity index (χ2v) is 6.07. The number of hydrogen-bond donors (Lipinski definition) is 2. The Hall–Kier alpha value is -1.87. The number of rotatable bonds is 8. The first-order chi connectivity index (χ1) is 12.6. The summed E-state index contributed by atoms with van der Waals surface area (Å²) in [5, 5.41) is 6.54. The molecular weight excluding hydrogens is 458 g/mol. The summed E-state index contributed by atoms with van der Waals surface area (Å²) in [6, 6.07) is 16.4. The van der Waals surface area contributed by atoms with Crippen LogP contribution in [0.5, 0.6) is 5.75 Å². The Labute approximate surface area is 178 Å². The van der Waals surface area contributed by atoms with E-state index in [9.17, 15) is 4.39 Å². The monoisotopic (exact) mass is 486 g/mol. The molecule has 0 saturated carbocycles. The van der Waals surface area contributed by atoms with Gasteiger partial charge in [0.25, 0.3) is 0 Å². The fraction of sp³-hybridized carbons (Fsp3) is 0.350. The summed E-state index contributed by atoms with van der Waals surface area (Å²) in [7, 11) is 5.73. The van der Waals surface area contributed by atoms with Crippen LogP contribution >= 0.6 is 24.0 Å². The minimum atomic E-state index is -0.227. The van der Waals surface area contributed by atoms with E-state index in [1.807, 2.05) is 56.6 Å². The molecule has 0 aromatic heterocycles. The number of para-hydroxylation sites is 1. The van der Waals surface area contributed by atoms with Crippen molar-refractivity contribution in [3.63, 3.8) is 0 Å². The zero-order valence-electron chi connectivity index (χ0n) is 16.0. The Kier molecular flexibility index (Phi) is 10.7. The summed E-state index contributed by atoms with van der Waals surface area (Å²) in [5.74, 6) is 1.33. The molecule has 2 N–H and O–H groups in total. The molecule has 0 heterocycles. The number of ether oxygens (including phenoxy) is 1. The second-order valence-electron chi connectivity index (χ2n) is 6.07. The van der Waals surface area contributed by atoms with Gasteiger partial charge in [0.05, 0.1) is 12.6 Å². The van der Waals surface area contributed by atoms with E-state index >= 15 is 0 Å². The van der Waals surface area contributed by atoms with Crippen molar-refractivity contribution in [1.29, 1.82) is 0 Å². The van der Waals surface area contributed by atoms with Gasteiger partial charge < -0.3 is 20.3 Å². The lowest BCUT2D eigenvalue weighted by atomic mass is 10.1. The maximum absolute atomic E-state index is 13.1. The maximum Gasteiger partial charge on any atom is 0.191 e. The minimum absolute atomic E-state index is 0. The molecular formula is C20H28FIN4O. The van der Waals surface area contributed by atoms with Crippen LogP contribution < -0.4 is 15.4 Å². The molecule has 0 aliphatic carbocycles.